The summed E-state index contributed by atoms with van der Waals surface area (Å²) in [6.45, 7) is 7.93. The fraction of sp³-hybridized carbons (Fsp3) is 0.667. The van der Waals surface area contributed by atoms with Gasteiger partial charge in [-0.25, -0.2) is 0 Å². The first-order chi connectivity index (χ1) is 9.30. The summed E-state index contributed by atoms with van der Waals surface area (Å²) in [6, 6.07) is 7.72. The highest BCUT2D eigenvalue weighted by atomic mass is 14.9. The van der Waals surface area contributed by atoms with Crippen LogP contribution >= 0.6 is 0 Å². The number of aryl methyl sites for hydroxylation is 2. The molecule has 1 atom stereocenters. The molecule has 1 heteroatoms. The molecular weight excluding hydrogens is 230 g/mol. The van der Waals surface area contributed by atoms with Gasteiger partial charge in [0.1, 0.15) is 0 Å². The molecule has 0 radical (unpaired) electrons. The van der Waals surface area contributed by atoms with Crippen LogP contribution in [0.25, 0.3) is 0 Å². The monoisotopic (exact) mass is 259 g/mol. The Balaban J connectivity index is 2.26. The number of hydrogen-bond acceptors (Lipinski definition) is 1. The average molecular weight is 259 g/mol. The van der Waals surface area contributed by atoms with Crippen LogP contribution in [0.2, 0.25) is 0 Å². The smallest absolute Gasteiger partial charge is 0.0351 e. The van der Waals surface area contributed by atoms with E-state index in [4.69, 9.17) is 0 Å². The number of rotatable bonds is 7. The SMILES string of the molecule is CCCNC(c1cc(CC)ccc1CC)C1CCC1. The van der Waals surface area contributed by atoms with Gasteiger partial charge < -0.3 is 5.32 Å². The largest absolute Gasteiger partial charge is 0.310 e. The van der Waals surface area contributed by atoms with Crippen molar-refractivity contribution in [1.29, 1.82) is 0 Å². The van der Waals surface area contributed by atoms with Crippen LogP contribution in [0.4, 0.5) is 0 Å². The zero-order valence-electron chi connectivity index (χ0n) is 12.8. The third-order valence-corrected chi connectivity index (χ3v) is 4.57. The van der Waals surface area contributed by atoms with Crippen molar-refractivity contribution in [2.75, 3.05) is 6.54 Å². The van der Waals surface area contributed by atoms with E-state index >= 15 is 0 Å². The van der Waals surface area contributed by atoms with Gasteiger partial charge in [-0.1, -0.05) is 45.4 Å². The number of benzene rings is 1. The Kier molecular flexibility index (Phi) is 5.45. The molecule has 0 saturated heterocycles. The summed E-state index contributed by atoms with van der Waals surface area (Å²) in [5, 5.41) is 3.81. The summed E-state index contributed by atoms with van der Waals surface area (Å²) < 4.78 is 0. The van der Waals surface area contributed by atoms with Gasteiger partial charge in [0.05, 0.1) is 0 Å². The quantitative estimate of drug-likeness (QED) is 0.751. The van der Waals surface area contributed by atoms with E-state index in [1.807, 2.05) is 0 Å². The molecule has 1 aromatic rings. The van der Waals surface area contributed by atoms with Crippen molar-refractivity contribution < 1.29 is 0 Å². The van der Waals surface area contributed by atoms with Crippen LogP contribution in [0.1, 0.15) is 69.2 Å². The van der Waals surface area contributed by atoms with E-state index in [1.54, 1.807) is 5.56 Å². The molecule has 1 aliphatic rings. The minimum absolute atomic E-state index is 0.593. The fourth-order valence-electron chi connectivity index (χ4n) is 3.08. The van der Waals surface area contributed by atoms with Crippen molar-refractivity contribution in [3.05, 3.63) is 34.9 Å². The first-order valence-corrected chi connectivity index (χ1v) is 8.15. The maximum atomic E-state index is 3.81. The maximum Gasteiger partial charge on any atom is 0.0351 e. The molecule has 1 fully saturated rings. The molecule has 2 rings (SSSR count). The second-order valence-corrected chi connectivity index (χ2v) is 5.86. The minimum Gasteiger partial charge on any atom is -0.310 e. The third-order valence-electron chi connectivity index (χ3n) is 4.57. The van der Waals surface area contributed by atoms with Crippen LogP contribution in [0.15, 0.2) is 18.2 Å². The molecule has 0 aromatic heterocycles. The summed E-state index contributed by atoms with van der Waals surface area (Å²) in [7, 11) is 0. The Morgan fingerprint density at radius 2 is 1.95 bits per heavy atom. The van der Waals surface area contributed by atoms with Gasteiger partial charge in [-0.2, -0.15) is 0 Å². The van der Waals surface area contributed by atoms with Crippen molar-refractivity contribution in [2.24, 2.45) is 5.92 Å². The van der Waals surface area contributed by atoms with Crippen molar-refractivity contribution in [1.82, 2.24) is 5.32 Å². The Hall–Kier alpha value is -0.820. The van der Waals surface area contributed by atoms with E-state index in [9.17, 15) is 0 Å². The Labute approximate surface area is 118 Å². The van der Waals surface area contributed by atoms with Gasteiger partial charge in [-0.05, 0) is 61.3 Å². The molecule has 0 aliphatic heterocycles. The Morgan fingerprint density at radius 1 is 1.16 bits per heavy atom. The molecular formula is C18H29N. The highest BCUT2D eigenvalue weighted by molar-refractivity contribution is 5.35. The topological polar surface area (TPSA) is 12.0 Å². The summed E-state index contributed by atoms with van der Waals surface area (Å²) >= 11 is 0. The first kappa shape index (κ1) is 14.6. The fourth-order valence-corrected chi connectivity index (χ4v) is 3.08. The predicted molar refractivity (Wildman–Crippen MR) is 83.6 cm³/mol. The molecule has 1 aromatic carbocycles. The lowest BCUT2D eigenvalue weighted by atomic mass is 9.75. The van der Waals surface area contributed by atoms with Crippen molar-refractivity contribution in [3.8, 4) is 0 Å². The molecule has 0 bridgehead atoms. The molecule has 1 aliphatic carbocycles. The van der Waals surface area contributed by atoms with Gasteiger partial charge in [-0.15, -0.1) is 0 Å². The van der Waals surface area contributed by atoms with E-state index < -0.39 is 0 Å². The zero-order valence-corrected chi connectivity index (χ0v) is 12.8. The Morgan fingerprint density at radius 3 is 2.47 bits per heavy atom. The Bertz CT molecular complexity index is 393. The molecule has 1 N–H and O–H groups in total. The van der Waals surface area contributed by atoms with Gasteiger partial charge in [0.2, 0.25) is 0 Å². The van der Waals surface area contributed by atoms with E-state index in [0.29, 0.717) is 6.04 Å². The van der Waals surface area contributed by atoms with Crippen LogP contribution in [0.5, 0.6) is 0 Å². The van der Waals surface area contributed by atoms with Gasteiger partial charge in [-0.3, -0.25) is 0 Å². The molecule has 1 nitrogen and oxygen atoms in total. The summed E-state index contributed by atoms with van der Waals surface area (Å²) in [6.07, 6.45) is 7.74. The van der Waals surface area contributed by atoms with E-state index in [1.165, 1.54) is 36.8 Å². The van der Waals surface area contributed by atoms with Crippen LogP contribution in [0, 0.1) is 5.92 Å². The molecule has 0 amide bonds. The van der Waals surface area contributed by atoms with E-state index in [2.05, 4.69) is 44.3 Å². The maximum absolute atomic E-state index is 3.81. The lowest BCUT2D eigenvalue weighted by Crippen LogP contribution is -2.33. The summed E-state index contributed by atoms with van der Waals surface area (Å²) in [5.74, 6) is 0.865. The molecule has 0 heterocycles. The minimum atomic E-state index is 0.593. The summed E-state index contributed by atoms with van der Waals surface area (Å²) in [5.41, 5.74) is 4.60. The van der Waals surface area contributed by atoms with Crippen LogP contribution < -0.4 is 5.32 Å². The zero-order chi connectivity index (χ0) is 13.7. The molecule has 1 unspecified atom stereocenters. The molecule has 0 spiro atoms. The van der Waals surface area contributed by atoms with Crippen molar-refractivity contribution >= 4 is 0 Å². The standard InChI is InChI=1S/C18H29N/c1-4-12-19-18(16-8-7-9-16)17-13-14(5-2)10-11-15(17)6-3/h10-11,13,16,18-19H,4-9,12H2,1-3H3. The van der Waals surface area contributed by atoms with Gasteiger partial charge >= 0.3 is 0 Å². The van der Waals surface area contributed by atoms with Crippen LogP contribution in [-0.4, -0.2) is 6.54 Å². The van der Waals surface area contributed by atoms with Gasteiger partial charge in [0.25, 0.3) is 0 Å². The lowest BCUT2D eigenvalue weighted by Gasteiger charge is -2.36. The molecule has 106 valence electrons. The van der Waals surface area contributed by atoms with E-state index in [-0.39, 0.29) is 0 Å². The lowest BCUT2D eigenvalue weighted by molar-refractivity contribution is 0.230. The predicted octanol–water partition coefficient (Wildman–Crippen LogP) is 4.65. The van der Waals surface area contributed by atoms with Gasteiger partial charge in [0.15, 0.2) is 0 Å². The molecule has 19 heavy (non-hydrogen) atoms. The second kappa shape index (κ2) is 7.09. The first-order valence-electron chi connectivity index (χ1n) is 8.15. The van der Waals surface area contributed by atoms with Gasteiger partial charge in [0, 0.05) is 6.04 Å². The summed E-state index contributed by atoms with van der Waals surface area (Å²) in [4.78, 5) is 0. The van der Waals surface area contributed by atoms with E-state index in [0.717, 1.165) is 25.3 Å². The number of hydrogen-bond donors (Lipinski definition) is 1. The molecule has 1 saturated carbocycles. The van der Waals surface area contributed by atoms with Crippen molar-refractivity contribution in [3.63, 3.8) is 0 Å². The van der Waals surface area contributed by atoms with Crippen LogP contribution in [0.3, 0.4) is 0 Å². The normalized spacial score (nSPS) is 17.2. The number of nitrogens with one attached hydrogen (secondary N) is 1. The highest BCUT2D eigenvalue weighted by Gasteiger charge is 2.29. The van der Waals surface area contributed by atoms with Crippen molar-refractivity contribution in [2.45, 2.75) is 65.3 Å². The van der Waals surface area contributed by atoms with Crippen LogP contribution in [-0.2, 0) is 12.8 Å². The highest BCUT2D eigenvalue weighted by Crippen LogP contribution is 2.39. The second-order valence-electron chi connectivity index (χ2n) is 5.86. The average Bonchev–Trinajstić information content (AvgIpc) is 2.40. The third kappa shape index (κ3) is 3.39.